The summed E-state index contributed by atoms with van der Waals surface area (Å²) >= 11 is 0. The molecule has 35 heavy (non-hydrogen) atoms. The number of benzene rings is 2. The van der Waals surface area contributed by atoms with Gasteiger partial charge in [-0.3, -0.25) is 19.6 Å². The van der Waals surface area contributed by atoms with Crippen molar-refractivity contribution in [1.82, 2.24) is 16.1 Å². The maximum atomic E-state index is 12.3. The third-order valence-electron chi connectivity index (χ3n) is 4.67. The SMILES string of the molecule is C.CC(C)CNCC(=O)Nc1ccc(C#Cc2ccc(C(=O)N[C@H](C(=O)NO)[C@@H](C)O)cc2)cc1. The van der Waals surface area contributed by atoms with Gasteiger partial charge in [-0.15, -0.1) is 0 Å². The lowest BCUT2D eigenvalue weighted by Crippen LogP contribution is -2.51. The Morgan fingerprint density at radius 1 is 0.914 bits per heavy atom. The molecule has 0 radical (unpaired) electrons. The minimum absolute atomic E-state index is 0. The number of aliphatic hydroxyl groups excluding tert-OH is 1. The Morgan fingerprint density at radius 2 is 1.46 bits per heavy atom. The van der Waals surface area contributed by atoms with Crippen molar-refractivity contribution in [3.05, 3.63) is 65.2 Å². The predicted octanol–water partition coefficient (Wildman–Crippen LogP) is 1.89. The first kappa shape index (κ1) is 29.3. The molecule has 188 valence electrons. The van der Waals surface area contributed by atoms with Gasteiger partial charge in [-0.25, -0.2) is 5.48 Å². The summed E-state index contributed by atoms with van der Waals surface area (Å²) in [4.78, 5) is 35.8. The predicted molar refractivity (Wildman–Crippen MR) is 135 cm³/mol. The van der Waals surface area contributed by atoms with E-state index < -0.39 is 24.0 Å². The van der Waals surface area contributed by atoms with Crippen LogP contribution in [0.3, 0.4) is 0 Å². The lowest BCUT2D eigenvalue weighted by Gasteiger charge is -2.19. The van der Waals surface area contributed by atoms with Crippen LogP contribution < -0.4 is 21.4 Å². The summed E-state index contributed by atoms with van der Waals surface area (Å²) in [6.07, 6.45) is -1.19. The molecule has 6 N–H and O–H groups in total. The molecule has 0 heterocycles. The van der Waals surface area contributed by atoms with Crippen LogP contribution in [-0.2, 0) is 9.59 Å². The van der Waals surface area contributed by atoms with Crippen LogP contribution >= 0.6 is 0 Å². The van der Waals surface area contributed by atoms with Gasteiger partial charge in [0.2, 0.25) is 5.91 Å². The fourth-order valence-corrected chi connectivity index (χ4v) is 2.87. The summed E-state index contributed by atoms with van der Waals surface area (Å²) in [5.74, 6) is 4.88. The molecular formula is C26H34N4O5. The van der Waals surface area contributed by atoms with Crippen LogP contribution in [-0.4, -0.2) is 53.3 Å². The largest absolute Gasteiger partial charge is 0.391 e. The van der Waals surface area contributed by atoms with Gasteiger partial charge in [-0.05, 0) is 67.9 Å². The number of amides is 3. The topological polar surface area (TPSA) is 140 Å². The molecule has 9 heteroatoms. The van der Waals surface area contributed by atoms with Crippen molar-refractivity contribution in [3.8, 4) is 11.8 Å². The van der Waals surface area contributed by atoms with Gasteiger partial charge in [-0.2, -0.15) is 0 Å². The van der Waals surface area contributed by atoms with E-state index >= 15 is 0 Å². The molecule has 2 rings (SSSR count). The molecule has 0 saturated carbocycles. The Hall–Kier alpha value is -3.71. The summed E-state index contributed by atoms with van der Waals surface area (Å²) in [5, 5.41) is 26.6. The lowest BCUT2D eigenvalue weighted by molar-refractivity contribution is -0.133. The molecular weight excluding hydrogens is 448 g/mol. The molecule has 0 saturated heterocycles. The molecule has 2 aromatic rings. The van der Waals surface area contributed by atoms with Crippen LogP contribution in [0, 0.1) is 17.8 Å². The first-order chi connectivity index (χ1) is 16.2. The van der Waals surface area contributed by atoms with Crippen LogP contribution in [0.25, 0.3) is 0 Å². The van der Waals surface area contributed by atoms with E-state index in [1.807, 2.05) is 0 Å². The maximum absolute atomic E-state index is 12.3. The molecule has 0 aliphatic rings. The van der Waals surface area contributed by atoms with E-state index in [2.05, 4.69) is 41.6 Å². The van der Waals surface area contributed by atoms with E-state index in [4.69, 9.17) is 5.21 Å². The molecule has 2 aromatic carbocycles. The van der Waals surface area contributed by atoms with Gasteiger partial charge in [0.05, 0.1) is 12.6 Å². The lowest BCUT2D eigenvalue weighted by atomic mass is 10.1. The van der Waals surface area contributed by atoms with Crippen molar-refractivity contribution in [2.24, 2.45) is 5.92 Å². The Morgan fingerprint density at radius 3 is 1.94 bits per heavy atom. The number of nitrogens with one attached hydrogen (secondary N) is 4. The summed E-state index contributed by atoms with van der Waals surface area (Å²) < 4.78 is 0. The van der Waals surface area contributed by atoms with Crippen LogP contribution in [0.15, 0.2) is 48.5 Å². The zero-order valence-electron chi connectivity index (χ0n) is 19.4. The van der Waals surface area contributed by atoms with Gasteiger partial charge in [0.25, 0.3) is 11.8 Å². The average Bonchev–Trinajstić information content (AvgIpc) is 2.81. The Balaban J connectivity index is 0.00000612. The van der Waals surface area contributed by atoms with E-state index in [0.717, 1.165) is 12.1 Å². The van der Waals surface area contributed by atoms with Crippen molar-refractivity contribution in [2.45, 2.75) is 40.3 Å². The number of hydrogen-bond acceptors (Lipinski definition) is 6. The second-order valence-electron chi connectivity index (χ2n) is 8.15. The summed E-state index contributed by atoms with van der Waals surface area (Å²) in [6, 6.07) is 12.3. The molecule has 0 aromatic heterocycles. The molecule has 2 atom stereocenters. The van der Waals surface area contributed by atoms with E-state index in [1.54, 1.807) is 48.5 Å². The number of anilines is 1. The summed E-state index contributed by atoms with van der Waals surface area (Å²) in [7, 11) is 0. The molecule has 3 amide bonds. The minimum Gasteiger partial charge on any atom is -0.391 e. The van der Waals surface area contributed by atoms with Crippen molar-refractivity contribution >= 4 is 23.4 Å². The van der Waals surface area contributed by atoms with Crippen LogP contribution in [0.4, 0.5) is 5.69 Å². The fourth-order valence-electron chi connectivity index (χ4n) is 2.87. The quantitative estimate of drug-likeness (QED) is 0.183. The van der Waals surface area contributed by atoms with E-state index in [1.165, 1.54) is 12.4 Å². The highest BCUT2D eigenvalue weighted by Gasteiger charge is 2.25. The number of rotatable bonds is 9. The monoisotopic (exact) mass is 482 g/mol. The second kappa shape index (κ2) is 14.5. The van der Waals surface area contributed by atoms with E-state index in [0.29, 0.717) is 17.2 Å². The fraction of sp³-hybridized carbons (Fsp3) is 0.346. The van der Waals surface area contributed by atoms with Gasteiger partial charge >= 0.3 is 0 Å². The minimum atomic E-state index is -1.29. The van der Waals surface area contributed by atoms with Crippen LogP contribution in [0.2, 0.25) is 0 Å². The maximum Gasteiger partial charge on any atom is 0.268 e. The summed E-state index contributed by atoms with van der Waals surface area (Å²) in [6.45, 7) is 6.50. The normalized spacial score (nSPS) is 11.8. The number of hydrogen-bond donors (Lipinski definition) is 6. The van der Waals surface area contributed by atoms with E-state index in [-0.39, 0.29) is 25.4 Å². The van der Waals surface area contributed by atoms with Crippen LogP contribution in [0.5, 0.6) is 0 Å². The molecule has 0 unspecified atom stereocenters. The van der Waals surface area contributed by atoms with Gasteiger partial charge in [-0.1, -0.05) is 33.1 Å². The van der Waals surface area contributed by atoms with Crippen molar-refractivity contribution < 1.29 is 24.7 Å². The zero-order chi connectivity index (χ0) is 25.1. The Bertz CT molecular complexity index is 1040. The van der Waals surface area contributed by atoms with Gasteiger partial charge in [0, 0.05) is 22.4 Å². The third kappa shape index (κ3) is 9.98. The molecule has 0 aliphatic carbocycles. The zero-order valence-corrected chi connectivity index (χ0v) is 19.4. The van der Waals surface area contributed by atoms with E-state index in [9.17, 15) is 19.5 Å². The smallest absolute Gasteiger partial charge is 0.268 e. The first-order valence-electron chi connectivity index (χ1n) is 10.8. The van der Waals surface area contributed by atoms with Crippen molar-refractivity contribution in [1.29, 1.82) is 0 Å². The average molecular weight is 483 g/mol. The molecule has 0 spiro atoms. The highest BCUT2D eigenvalue weighted by Crippen LogP contribution is 2.10. The van der Waals surface area contributed by atoms with Crippen molar-refractivity contribution in [3.63, 3.8) is 0 Å². The van der Waals surface area contributed by atoms with Crippen LogP contribution in [0.1, 0.15) is 49.7 Å². The Kier molecular flexibility index (Phi) is 12.2. The summed E-state index contributed by atoms with van der Waals surface area (Å²) in [5.41, 5.74) is 3.79. The van der Waals surface area contributed by atoms with Crippen molar-refractivity contribution in [2.75, 3.05) is 18.4 Å². The Labute approximate surface area is 206 Å². The third-order valence-corrected chi connectivity index (χ3v) is 4.67. The first-order valence-corrected chi connectivity index (χ1v) is 10.8. The number of carbonyl (C=O) groups excluding carboxylic acids is 3. The number of carbonyl (C=O) groups is 3. The number of hydroxylamine groups is 1. The van der Waals surface area contributed by atoms with Gasteiger partial charge in [0.15, 0.2) is 0 Å². The molecule has 0 fully saturated rings. The highest BCUT2D eigenvalue weighted by atomic mass is 16.5. The molecule has 9 nitrogen and oxygen atoms in total. The highest BCUT2D eigenvalue weighted by molar-refractivity contribution is 5.97. The molecule has 0 bridgehead atoms. The standard InChI is InChI=1S/C25H30N4O5.CH4/c1-16(2)14-26-15-22(31)27-21-12-8-19(9-13-21)5-4-18-6-10-20(11-7-18)24(32)28-23(17(3)30)25(33)29-34;/h6-13,16-17,23,26,30,34H,14-15H2,1-3H3,(H,27,31)(H,28,32)(H,29,33);1H4/t17-,23+;/m1./s1. The van der Waals surface area contributed by atoms with Gasteiger partial charge < -0.3 is 21.1 Å². The molecule has 0 aliphatic heterocycles. The second-order valence-corrected chi connectivity index (χ2v) is 8.15. The van der Waals surface area contributed by atoms with Gasteiger partial charge in [0.1, 0.15) is 6.04 Å². The number of aliphatic hydroxyl groups is 1.